The van der Waals surface area contributed by atoms with Crippen LogP contribution in [0.1, 0.15) is 48.5 Å². The highest BCUT2D eigenvalue weighted by molar-refractivity contribution is 5.98. The van der Waals surface area contributed by atoms with Gasteiger partial charge in [-0.2, -0.15) is 0 Å². The fourth-order valence-corrected chi connectivity index (χ4v) is 2.95. The number of carbonyl (C=O) groups excluding carboxylic acids is 1. The second-order valence-electron chi connectivity index (χ2n) is 5.30. The molecule has 1 fully saturated rings. The normalized spacial score (nSPS) is 23.9. The van der Waals surface area contributed by atoms with Crippen molar-refractivity contribution in [2.45, 2.75) is 39.0 Å². The quantitative estimate of drug-likeness (QED) is 0.828. The Morgan fingerprint density at radius 1 is 1.22 bits per heavy atom. The lowest BCUT2D eigenvalue weighted by Crippen LogP contribution is -2.32. The third kappa shape index (κ3) is 2.81. The lowest BCUT2D eigenvalue weighted by molar-refractivity contribution is 0.0829. The molecule has 0 saturated heterocycles. The molecule has 0 bridgehead atoms. The van der Waals surface area contributed by atoms with Crippen LogP contribution in [0.2, 0.25) is 0 Å². The summed E-state index contributed by atoms with van der Waals surface area (Å²) in [7, 11) is 0. The Hall–Kier alpha value is -1.15. The molecule has 2 atom stereocenters. The van der Waals surface area contributed by atoms with Crippen molar-refractivity contribution < 1.29 is 4.79 Å². The van der Waals surface area contributed by atoms with Gasteiger partial charge in [0.1, 0.15) is 0 Å². The Bertz CT molecular complexity index is 396. The lowest BCUT2D eigenvalue weighted by Gasteiger charge is -2.29. The molecule has 2 heteroatoms. The molecule has 18 heavy (non-hydrogen) atoms. The van der Waals surface area contributed by atoms with Crippen molar-refractivity contribution in [2.75, 3.05) is 6.54 Å². The second-order valence-corrected chi connectivity index (χ2v) is 5.30. The fraction of sp³-hybridized carbons (Fsp3) is 0.562. The Kier molecular flexibility index (Phi) is 4.54. The zero-order valence-electron chi connectivity index (χ0n) is 11.2. The summed E-state index contributed by atoms with van der Waals surface area (Å²) in [6, 6.07) is 8.08. The van der Waals surface area contributed by atoms with Crippen LogP contribution >= 0.6 is 0 Å². The van der Waals surface area contributed by atoms with Gasteiger partial charge in [-0.1, -0.05) is 44.0 Å². The molecule has 2 rings (SSSR count). The third-order valence-electron chi connectivity index (χ3n) is 4.20. The molecule has 0 amide bonds. The van der Waals surface area contributed by atoms with Crippen LogP contribution < -0.4 is 5.73 Å². The van der Waals surface area contributed by atoms with E-state index >= 15 is 0 Å². The van der Waals surface area contributed by atoms with Crippen LogP contribution in [0.25, 0.3) is 0 Å². The highest BCUT2D eigenvalue weighted by atomic mass is 16.1. The molecule has 0 radical (unpaired) electrons. The Morgan fingerprint density at radius 3 is 2.50 bits per heavy atom. The highest BCUT2D eigenvalue weighted by Gasteiger charge is 2.30. The summed E-state index contributed by atoms with van der Waals surface area (Å²) in [5, 5.41) is 0. The van der Waals surface area contributed by atoms with Crippen molar-refractivity contribution in [1.82, 2.24) is 0 Å². The minimum absolute atomic E-state index is 0.149. The van der Waals surface area contributed by atoms with Gasteiger partial charge in [0.2, 0.25) is 0 Å². The van der Waals surface area contributed by atoms with Gasteiger partial charge in [-0.15, -0.1) is 0 Å². The molecule has 1 aliphatic carbocycles. The van der Waals surface area contributed by atoms with Crippen LogP contribution in [0.4, 0.5) is 0 Å². The van der Waals surface area contributed by atoms with E-state index in [2.05, 4.69) is 19.1 Å². The average molecular weight is 245 g/mol. The number of ketones is 1. The molecule has 1 saturated carbocycles. The van der Waals surface area contributed by atoms with Gasteiger partial charge < -0.3 is 5.73 Å². The van der Waals surface area contributed by atoms with Gasteiger partial charge in [0, 0.05) is 11.5 Å². The van der Waals surface area contributed by atoms with Gasteiger partial charge in [0.25, 0.3) is 0 Å². The number of Topliss-reactive ketones (excluding diaryl/α,β-unsaturated/α-hetero) is 1. The summed E-state index contributed by atoms with van der Waals surface area (Å²) < 4.78 is 0. The number of nitrogens with two attached hydrogens (primary N) is 1. The van der Waals surface area contributed by atoms with Gasteiger partial charge in [-0.25, -0.2) is 0 Å². The van der Waals surface area contributed by atoms with Crippen LogP contribution in [0.15, 0.2) is 24.3 Å². The van der Waals surface area contributed by atoms with Crippen molar-refractivity contribution in [3.63, 3.8) is 0 Å². The van der Waals surface area contributed by atoms with Crippen LogP contribution in [-0.4, -0.2) is 12.3 Å². The zero-order chi connectivity index (χ0) is 13.0. The summed E-state index contributed by atoms with van der Waals surface area (Å²) in [5.74, 6) is 0.834. The first-order chi connectivity index (χ1) is 8.76. The molecule has 0 heterocycles. The van der Waals surface area contributed by atoms with E-state index in [1.165, 1.54) is 18.4 Å². The third-order valence-corrected chi connectivity index (χ3v) is 4.20. The number of hydrogen-bond donors (Lipinski definition) is 1. The summed E-state index contributed by atoms with van der Waals surface area (Å²) >= 11 is 0. The van der Waals surface area contributed by atoms with E-state index in [1.807, 2.05) is 12.1 Å². The topological polar surface area (TPSA) is 43.1 Å². The lowest BCUT2D eigenvalue weighted by atomic mass is 9.75. The first kappa shape index (κ1) is 13.3. The van der Waals surface area contributed by atoms with Gasteiger partial charge in [0.05, 0.1) is 0 Å². The van der Waals surface area contributed by atoms with Crippen LogP contribution in [0, 0.1) is 11.8 Å². The predicted molar refractivity (Wildman–Crippen MR) is 74.7 cm³/mol. The van der Waals surface area contributed by atoms with Crippen molar-refractivity contribution in [3.8, 4) is 0 Å². The fourth-order valence-electron chi connectivity index (χ4n) is 2.95. The number of aryl methyl sites for hydroxylation is 1. The number of hydrogen-bond acceptors (Lipinski definition) is 2. The average Bonchev–Trinajstić information content (AvgIpc) is 2.46. The first-order valence-electron chi connectivity index (χ1n) is 7.09. The molecule has 1 aromatic carbocycles. The standard InChI is InChI=1S/C16H23NO/c1-2-12-7-9-13(10-8-12)16(18)15-6-4-3-5-14(15)11-17/h7-10,14-15H,2-6,11,17H2,1H3. The van der Waals surface area contributed by atoms with Crippen LogP contribution in [0.3, 0.4) is 0 Å². The maximum absolute atomic E-state index is 12.5. The summed E-state index contributed by atoms with van der Waals surface area (Å²) in [6.07, 6.45) is 5.53. The highest BCUT2D eigenvalue weighted by Crippen LogP contribution is 2.31. The SMILES string of the molecule is CCc1ccc(C(=O)C2CCCCC2CN)cc1. The Morgan fingerprint density at radius 2 is 1.89 bits per heavy atom. The molecule has 2 nitrogen and oxygen atoms in total. The number of rotatable bonds is 4. The minimum atomic E-state index is 0.149. The molecule has 2 unspecified atom stereocenters. The molecule has 98 valence electrons. The number of carbonyl (C=O) groups is 1. The molecule has 0 aliphatic heterocycles. The van der Waals surface area contributed by atoms with Gasteiger partial charge in [-0.3, -0.25) is 4.79 Å². The second kappa shape index (κ2) is 6.14. The number of benzene rings is 1. The summed E-state index contributed by atoms with van der Waals surface area (Å²) in [5.41, 5.74) is 7.94. The minimum Gasteiger partial charge on any atom is -0.330 e. The summed E-state index contributed by atoms with van der Waals surface area (Å²) in [4.78, 5) is 12.5. The van der Waals surface area contributed by atoms with E-state index in [9.17, 15) is 4.79 Å². The molecular formula is C16H23NO. The van der Waals surface area contributed by atoms with Crippen molar-refractivity contribution in [2.24, 2.45) is 17.6 Å². The molecule has 2 N–H and O–H groups in total. The van der Waals surface area contributed by atoms with Crippen LogP contribution in [0.5, 0.6) is 0 Å². The van der Waals surface area contributed by atoms with Crippen molar-refractivity contribution in [1.29, 1.82) is 0 Å². The monoisotopic (exact) mass is 245 g/mol. The smallest absolute Gasteiger partial charge is 0.166 e. The van der Waals surface area contributed by atoms with Gasteiger partial charge in [-0.05, 0) is 37.3 Å². The first-order valence-corrected chi connectivity index (χ1v) is 7.09. The van der Waals surface area contributed by atoms with Crippen LogP contribution in [-0.2, 0) is 6.42 Å². The molecule has 0 spiro atoms. The van der Waals surface area contributed by atoms with Gasteiger partial charge >= 0.3 is 0 Å². The largest absolute Gasteiger partial charge is 0.330 e. The van der Waals surface area contributed by atoms with E-state index in [1.54, 1.807) is 0 Å². The van der Waals surface area contributed by atoms with Gasteiger partial charge in [0.15, 0.2) is 5.78 Å². The maximum Gasteiger partial charge on any atom is 0.166 e. The van der Waals surface area contributed by atoms with Crippen molar-refractivity contribution in [3.05, 3.63) is 35.4 Å². The molecule has 0 aromatic heterocycles. The van der Waals surface area contributed by atoms with E-state index in [0.717, 1.165) is 24.8 Å². The maximum atomic E-state index is 12.5. The van der Waals surface area contributed by atoms with E-state index in [-0.39, 0.29) is 5.92 Å². The summed E-state index contributed by atoms with van der Waals surface area (Å²) in [6.45, 7) is 2.77. The van der Waals surface area contributed by atoms with E-state index < -0.39 is 0 Å². The molecule has 1 aromatic rings. The molecule has 1 aliphatic rings. The zero-order valence-corrected chi connectivity index (χ0v) is 11.2. The predicted octanol–water partition coefficient (Wildman–Crippen LogP) is 3.20. The van der Waals surface area contributed by atoms with E-state index in [4.69, 9.17) is 5.73 Å². The molecular weight excluding hydrogens is 222 g/mol. The Balaban J connectivity index is 2.13. The van der Waals surface area contributed by atoms with Crippen molar-refractivity contribution >= 4 is 5.78 Å². The Labute approximate surface area is 110 Å². The van der Waals surface area contributed by atoms with E-state index in [0.29, 0.717) is 18.2 Å².